The number of hydrogen-bond donors (Lipinski definition) is 1. The van der Waals surface area contributed by atoms with Crippen LogP contribution in [0, 0.1) is 0 Å². The third kappa shape index (κ3) is 3.18. The first-order valence-corrected chi connectivity index (χ1v) is 9.16. The lowest BCUT2D eigenvalue weighted by molar-refractivity contribution is -0.125. The average Bonchev–Trinajstić information content (AvgIpc) is 3.16. The zero-order valence-electron chi connectivity index (χ0n) is 15.2. The van der Waals surface area contributed by atoms with E-state index in [-0.39, 0.29) is 30.9 Å². The molecule has 4 rings (SSSR count). The maximum absolute atomic E-state index is 12.4. The molecule has 4 amide bonds. The molecule has 2 aliphatic heterocycles. The molecule has 1 N–H and O–H groups in total. The van der Waals surface area contributed by atoms with Crippen molar-refractivity contribution < 1.29 is 14.4 Å². The van der Waals surface area contributed by atoms with Crippen molar-refractivity contribution in [2.24, 2.45) is 0 Å². The van der Waals surface area contributed by atoms with E-state index in [1.165, 1.54) is 4.90 Å². The van der Waals surface area contributed by atoms with Crippen LogP contribution in [-0.4, -0.2) is 40.7 Å². The minimum absolute atomic E-state index is 0.0693. The molecule has 6 heteroatoms. The van der Waals surface area contributed by atoms with Gasteiger partial charge >= 0.3 is 6.03 Å². The molecule has 0 radical (unpaired) electrons. The molecule has 2 heterocycles. The molecule has 0 unspecified atom stereocenters. The molecule has 1 fully saturated rings. The van der Waals surface area contributed by atoms with E-state index in [2.05, 4.69) is 18.3 Å². The van der Waals surface area contributed by atoms with Crippen LogP contribution < -0.4 is 5.32 Å². The molecule has 2 aromatic rings. The number of benzene rings is 2. The van der Waals surface area contributed by atoms with E-state index in [4.69, 9.17) is 0 Å². The number of imide groups is 1. The fourth-order valence-electron chi connectivity index (χ4n) is 3.61. The standard InChI is InChI=1S/C21H21N3O3/c1-2-9-23-13-17-10-16(7-8-18(17)20(23)26)15-5-3-14(4-6-15)12-24-19(25)11-22-21(24)27/h3-8,10H,2,9,11-13H2,1H3,(H,22,27). The summed E-state index contributed by atoms with van der Waals surface area (Å²) in [5.74, 6) is -0.0914. The molecule has 0 saturated carbocycles. The lowest BCUT2D eigenvalue weighted by Crippen LogP contribution is -2.30. The van der Waals surface area contributed by atoms with Gasteiger partial charge < -0.3 is 10.2 Å². The molecule has 6 nitrogen and oxygen atoms in total. The lowest BCUT2D eigenvalue weighted by atomic mass is 9.99. The summed E-state index contributed by atoms with van der Waals surface area (Å²) in [6, 6.07) is 13.4. The number of nitrogens with one attached hydrogen (secondary N) is 1. The van der Waals surface area contributed by atoms with Gasteiger partial charge in [-0.2, -0.15) is 0 Å². The number of carbonyl (C=O) groups is 3. The summed E-state index contributed by atoms with van der Waals surface area (Å²) in [5, 5.41) is 2.52. The predicted octanol–water partition coefficient (Wildman–Crippen LogP) is 2.77. The molecule has 138 valence electrons. The highest BCUT2D eigenvalue weighted by Gasteiger charge is 2.28. The number of carbonyl (C=O) groups excluding carboxylic acids is 3. The highest BCUT2D eigenvalue weighted by Crippen LogP contribution is 2.29. The second kappa shape index (κ2) is 6.87. The Morgan fingerprint density at radius 3 is 2.41 bits per heavy atom. The summed E-state index contributed by atoms with van der Waals surface area (Å²) in [6.45, 7) is 3.86. The summed E-state index contributed by atoms with van der Waals surface area (Å²) in [6.07, 6.45) is 0.950. The van der Waals surface area contributed by atoms with Crippen LogP contribution in [0.2, 0.25) is 0 Å². The molecule has 0 spiro atoms. The fourth-order valence-corrected chi connectivity index (χ4v) is 3.61. The highest BCUT2D eigenvalue weighted by molar-refractivity contribution is 6.02. The Balaban J connectivity index is 1.52. The van der Waals surface area contributed by atoms with Crippen LogP contribution in [0.25, 0.3) is 11.1 Å². The van der Waals surface area contributed by atoms with Gasteiger partial charge in [0, 0.05) is 18.7 Å². The smallest absolute Gasteiger partial charge is 0.324 e. The number of nitrogens with zero attached hydrogens (tertiary/aromatic N) is 2. The fraction of sp³-hybridized carbons (Fsp3) is 0.286. The van der Waals surface area contributed by atoms with Gasteiger partial charge in [-0.05, 0) is 40.8 Å². The monoisotopic (exact) mass is 363 g/mol. The van der Waals surface area contributed by atoms with Gasteiger partial charge in [0.25, 0.3) is 5.91 Å². The van der Waals surface area contributed by atoms with Crippen LogP contribution in [0.1, 0.15) is 34.8 Å². The van der Waals surface area contributed by atoms with Gasteiger partial charge in [-0.25, -0.2) is 4.79 Å². The van der Waals surface area contributed by atoms with Crippen LogP contribution in [0.4, 0.5) is 4.79 Å². The molecular formula is C21H21N3O3. The number of hydrogen-bond acceptors (Lipinski definition) is 3. The van der Waals surface area contributed by atoms with Crippen LogP contribution in [0.5, 0.6) is 0 Å². The largest absolute Gasteiger partial charge is 0.334 e. The van der Waals surface area contributed by atoms with Crippen LogP contribution in [0.15, 0.2) is 42.5 Å². The van der Waals surface area contributed by atoms with Crippen molar-refractivity contribution in [2.75, 3.05) is 13.1 Å². The minimum Gasteiger partial charge on any atom is -0.334 e. The molecule has 1 saturated heterocycles. The molecule has 0 aromatic heterocycles. The zero-order chi connectivity index (χ0) is 19.0. The van der Waals surface area contributed by atoms with Gasteiger partial charge in [-0.3, -0.25) is 14.5 Å². The number of fused-ring (bicyclic) bond motifs is 1. The lowest BCUT2D eigenvalue weighted by Gasteiger charge is -2.13. The van der Waals surface area contributed by atoms with Crippen molar-refractivity contribution >= 4 is 17.8 Å². The van der Waals surface area contributed by atoms with Gasteiger partial charge in [-0.1, -0.05) is 37.3 Å². The van der Waals surface area contributed by atoms with E-state index >= 15 is 0 Å². The topological polar surface area (TPSA) is 69.7 Å². The maximum Gasteiger partial charge on any atom is 0.324 e. The molecule has 2 aromatic carbocycles. The Hall–Kier alpha value is -3.15. The van der Waals surface area contributed by atoms with Crippen LogP contribution >= 0.6 is 0 Å². The van der Waals surface area contributed by atoms with Crippen LogP contribution in [-0.2, 0) is 17.9 Å². The summed E-state index contributed by atoms with van der Waals surface area (Å²) in [7, 11) is 0. The Morgan fingerprint density at radius 1 is 1.00 bits per heavy atom. The van der Waals surface area contributed by atoms with Crippen molar-refractivity contribution in [2.45, 2.75) is 26.4 Å². The number of urea groups is 1. The molecule has 0 aliphatic carbocycles. The summed E-state index contributed by atoms with van der Waals surface area (Å²) < 4.78 is 0. The number of amides is 4. The van der Waals surface area contributed by atoms with Crippen molar-refractivity contribution in [1.29, 1.82) is 0 Å². The third-order valence-corrected chi connectivity index (χ3v) is 5.04. The quantitative estimate of drug-likeness (QED) is 0.831. The molecule has 2 aliphatic rings. The Labute approximate surface area is 157 Å². The second-order valence-electron chi connectivity index (χ2n) is 6.93. The van der Waals surface area contributed by atoms with E-state index in [0.717, 1.165) is 40.8 Å². The van der Waals surface area contributed by atoms with Crippen molar-refractivity contribution in [3.05, 3.63) is 59.2 Å². The SMILES string of the molecule is CCCN1Cc2cc(-c3ccc(CN4C(=O)CNC4=O)cc3)ccc2C1=O. The first-order chi connectivity index (χ1) is 13.1. The summed E-state index contributed by atoms with van der Waals surface area (Å²) in [5.41, 5.74) is 4.85. The highest BCUT2D eigenvalue weighted by atomic mass is 16.2. The van der Waals surface area contributed by atoms with Crippen molar-refractivity contribution in [3.63, 3.8) is 0 Å². The molecule has 0 atom stereocenters. The molecular weight excluding hydrogens is 342 g/mol. The van der Waals surface area contributed by atoms with Gasteiger partial charge in [-0.15, -0.1) is 0 Å². The van der Waals surface area contributed by atoms with E-state index in [1.54, 1.807) is 0 Å². The number of rotatable bonds is 5. The van der Waals surface area contributed by atoms with Gasteiger partial charge in [0.2, 0.25) is 5.91 Å². The maximum atomic E-state index is 12.4. The van der Waals surface area contributed by atoms with E-state index < -0.39 is 0 Å². The Morgan fingerprint density at radius 2 is 1.74 bits per heavy atom. The van der Waals surface area contributed by atoms with Gasteiger partial charge in [0.1, 0.15) is 0 Å². The van der Waals surface area contributed by atoms with Crippen molar-refractivity contribution in [1.82, 2.24) is 15.1 Å². The average molecular weight is 363 g/mol. The normalized spacial score (nSPS) is 16.1. The Kier molecular flexibility index (Phi) is 4.39. The van der Waals surface area contributed by atoms with E-state index in [0.29, 0.717) is 6.54 Å². The van der Waals surface area contributed by atoms with Gasteiger partial charge in [0.05, 0.1) is 13.1 Å². The summed E-state index contributed by atoms with van der Waals surface area (Å²) in [4.78, 5) is 38.8. The molecule has 27 heavy (non-hydrogen) atoms. The van der Waals surface area contributed by atoms with Gasteiger partial charge in [0.15, 0.2) is 0 Å². The van der Waals surface area contributed by atoms with E-state index in [1.807, 2.05) is 41.3 Å². The van der Waals surface area contributed by atoms with Crippen LogP contribution in [0.3, 0.4) is 0 Å². The zero-order valence-corrected chi connectivity index (χ0v) is 15.2. The summed E-state index contributed by atoms with van der Waals surface area (Å²) >= 11 is 0. The second-order valence-corrected chi connectivity index (χ2v) is 6.93. The minimum atomic E-state index is -0.344. The van der Waals surface area contributed by atoms with Crippen molar-refractivity contribution in [3.8, 4) is 11.1 Å². The van der Waals surface area contributed by atoms with E-state index in [9.17, 15) is 14.4 Å². The predicted molar refractivity (Wildman–Crippen MR) is 101 cm³/mol. The Bertz CT molecular complexity index is 905. The first kappa shape index (κ1) is 17.3. The first-order valence-electron chi connectivity index (χ1n) is 9.16. The molecule has 0 bridgehead atoms. The third-order valence-electron chi connectivity index (χ3n) is 5.04.